The summed E-state index contributed by atoms with van der Waals surface area (Å²) in [4.78, 5) is 43.0. The maximum atomic E-state index is 14.1. The molecular weight excluding hydrogens is 414 g/mol. The average Bonchev–Trinajstić information content (AvgIpc) is 3.10. The van der Waals surface area contributed by atoms with Crippen LogP contribution in [0, 0.1) is 11.8 Å². The Bertz CT molecular complexity index is 1300. The van der Waals surface area contributed by atoms with Gasteiger partial charge in [0.05, 0.1) is 29.5 Å². The molecule has 1 aliphatic heterocycles. The molecule has 2 amide bonds. The van der Waals surface area contributed by atoms with E-state index >= 15 is 0 Å². The van der Waals surface area contributed by atoms with Crippen LogP contribution in [0.1, 0.15) is 42.0 Å². The predicted molar refractivity (Wildman–Crippen MR) is 123 cm³/mol. The van der Waals surface area contributed by atoms with E-state index in [0.29, 0.717) is 18.0 Å². The highest BCUT2D eigenvalue weighted by Crippen LogP contribution is 2.64. The number of carbonyl (C=O) groups is 3. The normalized spacial score (nSPS) is 26.6. The highest BCUT2D eigenvalue weighted by atomic mass is 16.5. The molecule has 7 rings (SSSR count). The number of benzene rings is 3. The molecule has 5 heteroatoms. The summed E-state index contributed by atoms with van der Waals surface area (Å²) in [6.07, 6.45) is 0. The fraction of sp³-hybridized carbons (Fsp3) is 0.250. The van der Waals surface area contributed by atoms with Crippen LogP contribution in [0.25, 0.3) is 0 Å². The molecule has 0 aromatic heterocycles. The minimum absolute atomic E-state index is 0.114. The van der Waals surface area contributed by atoms with Crippen molar-refractivity contribution < 1.29 is 19.1 Å². The predicted octanol–water partition coefficient (Wildman–Crippen LogP) is 4.23. The molecule has 3 aromatic carbocycles. The third kappa shape index (κ3) is 2.29. The Labute approximate surface area is 192 Å². The largest absolute Gasteiger partial charge is 0.492 e. The van der Waals surface area contributed by atoms with Crippen LogP contribution in [0.2, 0.25) is 0 Å². The fourth-order valence-electron chi connectivity index (χ4n) is 6.53. The van der Waals surface area contributed by atoms with E-state index in [-0.39, 0.29) is 23.5 Å². The molecule has 0 saturated carbocycles. The van der Waals surface area contributed by atoms with Gasteiger partial charge in [0.1, 0.15) is 11.5 Å². The van der Waals surface area contributed by atoms with Crippen LogP contribution in [-0.4, -0.2) is 24.2 Å². The highest BCUT2D eigenvalue weighted by molar-refractivity contribution is 6.26. The molecule has 3 aromatic rings. The van der Waals surface area contributed by atoms with Crippen LogP contribution < -0.4 is 9.64 Å². The molecule has 5 nitrogen and oxygen atoms in total. The standard InChI is InChI=1S/C28H23NO4/c1-3-33-22-15-9-8-14-21(22)29-26(31)24-23-17-10-4-6-12-19(17)28(16(2)30,25(24)27(29)32)20-13-7-5-11-18(20)23/h4-15,23-25H,3H2,1-2H3/t23?,24-,25+,28?/m0/s1. The Morgan fingerprint density at radius 3 is 2.06 bits per heavy atom. The van der Waals surface area contributed by atoms with E-state index in [1.807, 2.05) is 61.5 Å². The number of rotatable bonds is 4. The van der Waals surface area contributed by atoms with Gasteiger partial charge in [0, 0.05) is 5.92 Å². The van der Waals surface area contributed by atoms with Crippen LogP contribution >= 0.6 is 0 Å². The molecule has 0 N–H and O–H groups in total. The first-order valence-electron chi connectivity index (χ1n) is 11.3. The summed E-state index contributed by atoms with van der Waals surface area (Å²) in [6, 6.07) is 22.7. The molecular formula is C28H23NO4. The number of ketones is 1. The van der Waals surface area contributed by atoms with Gasteiger partial charge in [-0.1, -0.05) is 60.7 Å². The van der Waals surface area contributed by atoms with Crippen LogP contribution in [-0.2, 0) is 19.8 Å². The lowest BCUT2D eigenvalue weighted by Crippen LogP contribution is -2.57. The summed E-state index contributed by atoms with van der Waals surface area (Å²) in [5.74, 6) is -1.92. The van der Waals surface area contributed by atoms with Gasteiger partial charge in [-0.15, -0.1) is 0 Å². The van der Waals surface area contributed by atoms with Gasteiger partial charge < -0.3 is 4.74 Å². The molecule has 33 heavy (non-hydrogen) atoms. The lowest BCUT2D eigenvalue weighted by atomic mass is 9.46. The molecule has 1 heterocycles. The maximum Gasteiger partial charge on any atom is 0.239 e. The number of Topliss-reactive ketones (excluding diaryl/α,β-unsaturated/α-hetero) is 1. The van der Waals surface area contributed by atoms with Gasteiger partial charge in [0.15, 0.2) is 0 Å². The average molecular weight is 437 g/mol. The second-order valence-corrected chi connectivity index (χ2v) is 8.93. The molecule has 3 aliphatic carbocycles. The second-order valence-electron chi connectivity index (χ2n) is 8.93. The van der Waals surface area contributed by atoms with Crippen LogP contribution in [0.4, 0.5) is 5.69 Å². The number of hydrogen-bond acceptors (Lipinski definition) is 4. The molecule has 0 radical (unpaired) electrons. The summed E-state index contributed by atoms with van der Waals surface area (Å²) >= 11 is 0. The van der Waals surface area contributed by atoms with Crippen LogP contribution in [0.5, 0.6) is 5.75 Å². The van der Waals surface area contributed by atoms with Crippen LogP contribution in [0.15, 0.2) is 72.8 Å². The van der Waals surface area contributed by atoms with E-state index in [1.54, 1.807) is 25.1 Å². The first kappa shape index (κ1) is 19.9. The smallest absolute Gasteiger partial charge is 0.239 e. The number of ether oxygens (including phenoxy) is 1. The van der Waals surface area contributed by atoms with E-state index in [9.17, 15) is 14.4 Å². The summed E-state index contributed by atoms with van der Waals surface area (Å²) < 4.78 is 5.75. The Kier molecular flexibility index (Phi) is 4.15. The summed E-state index contributed by atoms with van der Waals surface area (Å²) in [5, 5.41) is 0. The Morgan fingerprint density at radius 2 is 1.45 bits per heavy atom. The Morgan fingerprint density at radius 1 is 0.879 bits per heavy atom. The number of carbonyl (C=O) groups excluding carboxylic acids is 3. The maximum absolute atomic E-state index is 14.1. The fourth-order valence-corrected chi connectivity index (χ4v) is 6.53. The van der Waals surface area contributed by atoms with Crippen molar-refractivity contribution >= 4 is 23.3 Å². The molecule has 0 spiro atoms. The number of para-hydroxylation sites is 2. The minimum atomic E-state index is -1.19. The van der Waals surface area contributed by atoms with Crippen molar-refractivity contribution in [1.82, 2.24) is 0 Å². The molecule has 1 fully saturated rings. The zero-order valence-corrected chi connectivity index (χ0v) is 18.4. The molecule has 2 atom stereocenters. The molecule has 0 unspecified atom stereocenters. The Hall–Kier alpha value is -3.73. The van der Waals surface area contributed by atoms with Crippen molar-refractivity contribution in [1.29, 1.82) is 0 Å². The number of amides is 2. The van der Waals surface area contributed by atoms with Gasteiger partial charge in [-0.25, -0.2) is 4.90 Å². The Balaban J connectivity index is 1.64. The third-order valence-electron chi connectivity index (χ3n) is 7.58. The summed E-state index contributed by atoms with van der Waals surface area (Å²) in [6.45, 7) is 3.82. The van der Waals surface area contributed by atoms with E-state index < -0.39 is 17.3 Å². The van der Waals surface area contributed by atoms with Gasteiger partial charge in [-0.2, -0.15) is 0 Å². The lowest BCUT2D eigenvalue weighted by Gasteiger charge is -2.52. The van der Waals surface area contributed by atoms with Crippen molar-refractivity contribution in [3.63, 3.8) is 0 Å². The topological polar surface area (TPSA) is 63.7 Å². The van der Waals surface area contributed by atoms with Gasteiger partial charge in [0.25, 0.3) is 0 Å². The SMILES string of the molecule is CCOc1ccccc1N1C(=O)[C@H]2C3c4ccccc4C(C(C)=O)(c4ccccc43)[C@H]2C1=O. The van der Waals surface area contributed by atoms with Crippen molar-refractivity contribution in [3.8, 4) is 5.75 Å². The van der Waals surface area contributed by atoms with E-state index in [2.05, 4.69) is 0 Å². The molecule has 1 saturated heterocycles. The van der Waals surface area contributed by atoms with Gasteiger partial charge in [-0.3, -0.25) is 14.4 Å². The minimum Gasteiger partial charge on any atom is -0.492 e. The second kappa shape index (κ2) is 6.88. The quantitative estimate of drug-likeness (QED) is 0.573. The van der Waals surface area contributed by atoms with Crippen molar-refractivity contribution in [2.75, 3.05) is 11.5 Å². The van der Waals surface area contributed by atoms with Gasteiger partial charge in [0.2, 0.25) is 11.8 Å². The van der Waals surface area contributed by atoms with Crippen molar-refractivity contribution in [2.24, 2.45) is 11.8 Å². The third-order valence-corrected chi connectivity index (χ3v) is 7.58. The first-order chi connectivity index (χ1) is 16.0. The number of hydrogen-bond donors (Lipinski definition) is 0. The van der Waals surface area contributed by atoms with E-state index in [4.69, 9.17) is 4.74 Å². The zero-order chi connectivity index (χ0) is 22.9. The summed E-state index contributed by atoms with van der Waals surface area (Å²) in [5.41, 5.74) is 2.89. The monoisotopic (exact) mass is 437 g/mol. The summed E-state index contributed by atoms with van der Waals surface area (Å²) in [7, 11) is 0. The number of nitrogens with zero attached hydrogens (tertiary/aromatic N) is 1. The number of anilines is 1. The molecule has 164 valence electrons. The van der Waals surface area contributed by atoms with Crippen molar-refractivity contribution in [3.05, 3.63) is 95.1 Å². The van der Waals surface area contributed by atoms with Crippen molar-refractivity contribution in [2.45, 2.75) is 25.2 Å². The highest BCUT2D eigenvalue weighted by Gasteiger charge is 2.70. The zero-order valence-electron chi connectivity index (χ0n) is 18.4. The molecule has 4 aliphatic rings. The first-order valence-corrected chi connectivity index (χ1v) is 11.3. The van der Waals surface area contributed by atoms with Crippen LogP contribution in [0.3, 0.4) is 0 Å². The van der Waals surface area contributed by atoms with E-state index in [0.717, 1.165) is 22.3 Å². The van der Waals surface area contributed by atoms with Gasteiger partial charge >= 0.3 is 0 Å². The van der Waals surface area contributed by atoms with Gasteiger partial charge in [-0.05, 0) is 48.2 Å². The van der Waals surface area contributed by atoms with E-state index in [1.165, 1.54) is 4.90 Å². The lowest BCUT2D eigenvalue weighted by molar-refractivity contribution is -0.132. The molecule has 2 bridgehead atoms. The number of imide groups is 1.